The van der Waals surface area contributed by atoms with E-state index >= 15 is 0 Å². The van der Waals surface area contributed by atoms with Crippen LogP contribution in [0.25, 0.3) is 39.2 Å². The molecule has 3 aromatic heterocycles. The molecule has 0 atom stereocenters. The third-order valence-corrected chi connectivity index (χ3v) is 7.95. The van der Waals surface area contributed by atoms with Crippen molar-refractivity contribution in [1.29, 1.82) is 0 Å². The quantitative estimate of drug-likeness (QED) is 0.163. The molecule has 7 aromatic rings. The Morgan fingerprint density at radius 1 is 0.660 bits per heavy atom. The molecule has 4 aromatic carbocycles. The van der Waals surface area contributed by atoms with E-state index in [1.807, 2.05) is 97.1 Å². The van der Waals surface area contributed by atoms with Crippen LogP contribution in [0.4, 0.5) is 17.5 Å². The molecule has 0 spiro atoms. The number of rotatable bonds is 10. The summed E-state index contributed by atoms with van der Waals surface area (Å²) in [6, 6.07) is 37.5. The molecule has 3 heterocycles. The van der Waals surface area contributed by atoms with Crippen molar-refractivity contribution in [3.05, 3.63) is 121 Å². The summed E-state index contributed by atoms with van der Waals surface area (Å²) < 4.78 is 20.4. The third kappa shape index (κ3) is 5.68. The van der Waals surface area contributed by atoms with Gasteiger partial charge in [-0.2, -0.15) is 14.7 Å². The van der Waals surface area contributed by atoms with Crippen molar-refractivity contribution in [1.82, 2.24) is 24.4 Å². The number of fused-ring (bicyclic) bond motifs is 1. The molecule has 3 N–H and O–H groups in total. The maximum atomic E-state index is 6.46. The van der Waals surface area contributed by atoms with Crippen molar-refractivity contribution in [3.63, 3.8) is 0 Å². The minimum atomic E-state index is 0.486. The van der Waals surface area contributed by atoms with Gasteiger partial charge in [-0.25, -0.2) is 9.67 Å². The molecule has 0 aliphatic rings. The minimum absolute atomic E-state index is 0.486. The fourth-order valence-corrected chi connectivity index (χ4v) is 5.63. The molecule has 234 valence electrons. The lowest BCUT2D eigenvalue weighted by molar-refractivity contribution is 0.387. The maximum absolute atomic E-state index is 6.46. The van der Waals surface area contributed by atoms with E-state index in [2.05, 4.69) is 17.4 Å². The molecular formula is C37H33N7O3. The third-order valence-electron chi connectivity index (χ3n) is 7.95. The lowest BCUT2D eigenvalue weighted by Crippen LogP contribution is -2.07. The van der Waals surface area contributed by atoms with Crippen molar-refractivity contribution in [3.8, 4) is 50.9 Å². The van der Waals surface area contributed by atoms with Crippen LogP contribution in [0.2, 0.25) is 0 Å². The smallest absolute Gasteiger partial charge is 0.228 e. The fraction of sp³-hybridized carbons (Fsp3) is 0.108. The van der Waals surface area contributed by atoms with Gasteiger partial charge in [-0.3, -0.25) is 0 Å². The zero-order valence-electron chi connectivity index (χ0n) is 26.2. The van der Waals surface area contributed by atoms with E-state index in [4.69, 9.17) is 35.1 Å². The summed E-state index contributed by atoms with van der Waals surface area (Å²) in [6.07, 6.45) is 0. The Bertz CT molecular complexity index is 2140. The predicted octanol–water partition coefficient (Wildman–Crippen LogP) is 7.33. The van der Waals surface area contributed by atoms with Crippen LogP contribution in [0.3, 0.4) is 0 Å². The SMILES string of the molecule is COc1ccc(Cn2nc(Nc3nc4c(-c5ccccc5)c(-c5ccccc5)nn4c(OC)c3-c3ccc(OC)cc3)cc2N)cc1. The topological polar surface area (TPSA) is 114 Å². The molecule has 0 saturated heterocycles. The molecule has 0 radical (unpaired) electrons. The Balaban J connectivity index is 1.41. The van der Waals surface area contributed by atoms with Crippen LogP contribution in [-0.4, -0.2) is 45.7 Å². The second-order valence-corrected chi connectivity index (χ2v) is 10.8. The summed E-state index contributed by atoms with van der Waals surface area (Å²) in [6.45, 7) is 0.486. The normalized spacial score (nSPS) is 11.0. The molecule has 0 bridgehead atoms. The van der Waals surface area contributed by atoms with Crippen molar-refractivity contribution in [2.75, 3.05) is 32.4 Å². The zero-order valence-corrected chi connectivity index (χ0v) is 26.2. The first-order valence-corrected chi connectivity index (χ1v) is 15.1. The van der Waals surface area contributed by atoms with Crippen LogP contribution in [0.15, 0.2) is 115 Å². The average Bonchev–Trinajstić information content (AvgIpc) is 3.67. The fourth-order valence-electron chi connectivity index (χ4n) is 5.63. The molecule has 0 unspecified atom stereocenters. The van der Waals surface area contributed by atoms with Gasteiger partial charge in [0.05, 0.1) is 39.0 Å². The number of anilines is 3. The Hall–Kier alpha value is -6.29. The standard InChI is InChI=1S/C37H33N7O3/c1-45-28-18-14-24(15-19-28)23-43-30(38)22-31(41-43)39-35-33(26-16-20-29(46-2)21-17-26)37(47-3)44-36(40-35)32(25-10-6-4-7-11-25)34(42-44)27-12-8-5-9-13-27/h4-22H,23,38H2,1-3H3,(H,39,40,41). The molecular weight excluding hydrogens is 590 g/mol. The maximum Gasteiger partial charge on any atom is 0.228 e. The van der Waals surface area contributed by atoms with Gasteiger partial charge in [0, 0.05) is 11.6 Å². The number of nitrogen functional groups attached to an aromatic ring is 1. The summed E-state index contributed by atoms with van der Waals surface area (Å²) in [5, 5.41) is 13.4. The first-order valence-electron chi connectivity index (χ1n) is 15.1. The summed E-state index contributed by atoms with van der Waals surface area (Å²) in [7, 11) is 4.93. The largest absolute Gasteiger partial charge is 0.497 e. The second kappa shape index (κ2) is 12.6. The van der Waals surface area contributed by atoms with Crippen LogP contribution >= 0.6 is 0 Å². The highest BCUT2D eigenvalue weighted by molar-refractivity contribution is 5.94. The van der Waals surface area contributed by atoms with E-state index in [1.54, 1.807) is 36.6 Å². The molecule has 0 amide bonds. The minimum Gasteiger partial charge on any atom is -0.497 e. The van der Waals surface area contributed by atoms with Crippen molar-refractivity contribution >= 4 is 23.1 Å². The molecule has 7 rings (SSSR count). The first-order chi connectivity index (χ1) is 23.1. The van der Waals surface area contributed by atoms with E-state index < -0.39 is 0 Å². The highest BCUT2D eigenvalue weighted by Crippen LogP contribution is 2.43. The van der Waals surface area contributed by atoms with Gasteiger partial charge in [0.1, 0.15) is 28.8 Å². The summed E-state index contributed by atoms with van der Waals surface area (Å²) in [5.74, 6) is 3.60. The first kappa shape index (κ1) is 29.4. The Labute approximate surface area is 272 Å². The molecule has 47 heavy (non-hydrogen) atoms. The number of nitrogens with two attached hydrogens (primary N) is 1. The predicted molar refractivity (Wildman–Crippen MR) is 184 cm³/mol. The number of hydrogen-bond donors (Lipinski definition) is 2. The van der Waals surface area contributed by atoms with Gasteiger partial charge in [0.2, 0.25) is 5.88 Å². The Kier molecular flexibility index (Phi) is 7.89. The second-order valence-electron chi connectivity index (χ2n) is 10.8. The Morgan fingerprint density at radius 3 is 1.87 bits per heavy atom. The number of benzene rings is 4. The Morgan fingerprint density at radius 2 is 1.26 bits per heavy atom. The summed E-state index contributed by atoms with van der Waals surface area (Å²) >= 11 is 0. The molecule has 10 heteroatoms. The lowest BCUT2D eigenvalue weighted by Gasteiger charge is -2.16. The van der Waals surface area contributed by atoms with E-state index in [-0.39, 0.29) is 0 Å². The van der Waals surface area contributed by atoms with Crippen LogP contribution in [-0.2, 0) is 6.54 Å². The average molecular weight is 624 g/mol. The van der Waals surface area contributed by atoms with Gasteiger partial charge in [0.25, 0.3) is 0 Å². The van der Waals surface area contributed by atoms with E-state index in [0.29, 0.717) is 41.1 Å². The van der Waals surface area contributed by atoms with Crippen molar-refractivity contribution < 1.29 is 14.2 Å². The van der Waals surface area contributed by atoms with Crippen LogP contribution < -0.4 is 25.3 Å². The molecule has 0 aliphatic heterocycles. The number of aromatic nitrogens is 5. The number of ether oxygens (including phenoxy) is 3. The van der Waals surface area contributed by atoms with Gasteiger partial charge < -0.3 is 25.3 Å². The van der Waals surface area contributed by atoms with Gasteiger partial charge in [0.15, 0.2) is 11.5 Å². The number of hydrogen-bond acceptors (Lipinski definition) is 8. The van der Waals surface area contributed by atoms with Gasteiger partial charge in [-0.1, -0.05) is 84.9 Å². The number of nitrogens with one attached hydrogen (secondary N) is 1. The van der Waals surface area contributed by atoms with E-state index in [1.165, 1.54) is 0 Å². The molecule has 10 nitrogen and oxygen atoms in total. The highest BCUT2D eigenvalue weighted by atomic mass is 16.5. The highest BCUT2D eigenvalue weighted by Gasteiger charge is 2.26. The van der Waals surface area contributed by atoms with Crippen LogP contribution in [0.5, 0.6) is 17.4 Å². The van der Waals surface area contributed by atoms with E-state index in [0.717, 1.165) is 45.0 Å². The van der Waals surface area contributed by atoms with Crippen molar-refractivity contribution in [2.45, 2.75) is 6.54 Å². The van der Waals surface area contributed by atoms with Crippen LogP contribution in [0, 0.1) is 0 Å². The monoisotopic (exact) mass is 623 g/mol. The van der Waals surface area contributed by atoms with Crippen LogP contribution in [0.1, 0.15) is 5.56 Å². The van der Waals surface area contributed by atoms with E-state index in [9.17, 15) is 0 Å². The van der Waals surface area contributed by atoms with Crippen molar-refractivity contribution in [2.24, 2.45) is 0 Å². The van der Waals surface area contributed by atoms with Gasteiger partial charge in [-0.15, -0.1) is 0 Å². The molecule has 0 saturated carbocycles. The molecule has 0 aliphatic carbocycles. The summed E-state index contributed by atoms with van der Waals surface area (Å²) in [4.78, 5) is 5.24. The summed E-state index contributed by atoms with van der Waals surface area (Å²) in [5.41, 5.74) is 13.3. The zero-order chi connectivity index (χ0) is 32.3. The number of methoxy groups -OCH3 is 3. The molecule has 0 fully saturated rings. The lowest BCUT2D eigenvalue weighted by atomic mass is 10.0. The van der Waals surface area contributed by atoms with Gasteiger partial charge in [-0.05, 0) is 41.0 Å². The number of nitrogens with zero attached hydrogens (tertiary/aromatic N) is 5. The van der Waals surface area contributed by atoms with Gasteiger partial charge >= 0.3 is 0 Å².